The number of nitrogens with one attached hydrogen (secondary N) is 1. The number of hydrogen-bond acceptors (Lipinski definition) is 3. The largest absolute Gasteiger partial charge is 0.492 e. The summed E-state index contributed by atoms with van der Waals surface area (Å²) in [5, 5.41) is 4.02. The Hall–Kier alpha value is -1.32. The van der Waals surface area contributed by atoms with E-state index in [9.17, 15) is 0 Å². The van der Waals surface area contributed by atoms with Crippen molar-refractivity contribution in [2.24, 2.45) is 0 Å². The standard InChI is InChI=1S/C17H20ClNOS/c1-3-10-20-17-9-6-14(11-16(17)18)19-12-13-4-7-15(21-2)8-5-13/h4-9,11,19H,3,10,12H2,1-2H3. The molecule has 0 aromatic heterocycles. The van der Waals surface area contributed by atoms with Gasteiger partial charge in [0.05, 0.1) is 11.6 Å². The first-order valence-corrected chi connectivity index (χ1v) is 8.62. The van der Waals surface area contributed by atoms with Crippen LogP contribution >= 0.6 is 23.4 Å². The molecule has 112 valence electrons. The van der Waals surface area contributed by atoms with E-state index < -0.39 is 0 Å². The van der Waals surface area contributed by atoms with Crippen molar-refractivity contribution in [2.75, 3.05) is 18.2 Å². The Labute approximate surface area is 135 Å². The molecule has 1 N–H and O–H groups in total. The van der Waals surface area contributed by atoms with E-state index in [0.29, 0.717) is 11.6 Å². The number of hydrogen-bond donors (Lipinski definition) is 1. The van der Waals surface area contributed by atoms with E-state index in [-0.39, 0.29) is 0 Å². The Balaban J connectivity index is 1.94. The predicted molar refractivity (Wildman–Crippen MR) is 92.8 cm³/mol. The lowest BCUT2D eigenvalue weighted by atomic mass is 10.2. The van der Waals surface area contributed by atoms with E-state index in [1.165, 1.54) is 10.5 Å². The highest BCUT2D eigenvalue weighted by atomic mass is 35.5. The van der Waals surface area contributed by atoms with Gasteiger partial charge in [0.1, 0.15) is 5.75 Å². The SMILES string of the molecule is CCCOc1ccc(NCc2ccc(SC)cc2)cc1Cl. The van der Waals surface area contributed by atoms with Crippen LogP contribution in [0.15, 0.2) is 47.4 Å². The number of halogens is 1. The molecule has 0 unspecified atom stereocenters. The van der Waals surface area contributed by atoms with Gasteiger partial charge in [-0.1, -0.05) is 30.7 Å². The highest BCUT2D eigenvalue weighted by Gasteiger charge is 2.03. The van der Waals surface area contributed by atoms with Crippen molar-refractivity contribution in [1.82, 2.24) is 0 Å². The van der Waals surface area contributed by atoms with Gasteiger partial charge in [-0.15, -0.1) is 11.8 Å². The van der Waals surface area contributed by atoms with Crippen molar-refractivity contribution in [3.63, 3.8) is 0 Å². The summed E-state index contributed by atoms with van der Waals surface area (Å²) >= 11 is 7.97. The van der Waals surface area contributed by atoms with Gasteiger partial charge in [-0.05, 0) is 48.6 Å². The Bertz CT molecular complexity index is 572. The fourth-order valence-corrected chi connectivity index (χ4v) is 2.53. The molecule has 0 fully saturated rings. The third-order valence-electron chi connectivity index (χ3n) is 3.05. The number of benzene rings is 2. The lowest BCUT2D eigenvalue weighted by molar-refractivity contribution is 0.317. The van der Waals surface area contributed by atoms with Gasteiger partial charge >= 0.3 is 0 Å². The Morgan fingerprint density at radius 3 is 2.52 bits per heavy atom. The first kappa shape index (κ1) is 16.1. The third-order valence-corrected chi connectivity index (χ3v) is 4.09. The van der Waals surface area contributed by atoms with E-state index >= 15 is 0 Å². The average Bonchev–Trinajstić information content (AvgIpc) is 2.52. The van der Waals surface area contributed by atoms with E-state index in [2.05, 4.69) is 42.8 Å². The molecule has 0 bridgehead atoms. The highest BCUT2D eigenvalue weighted by Crippen LogP contribution is 2.28. The summed E-state index contributed by atoms with van der Waals surface area (Å²) in [6, 6.07) is 14.4. The molecule has 21 heavy (non-hydrogen) atoms. The molecule has 2 rings (SSSR count). The second-order valence-corrected chi connectivity index (χ2v) is 5.98. The molecule has 0 aliphatic rings. The van der Waals surface area contributed by atoms with Crippen LogP contribution in [0.3, 0.4) is 0 Å². The van der Waals surface area contributed by atoms with Crippen molar-refractivity contribution in [3.05, 3.63) is 53.1 Å². The molecule has 0 aliphatic carbocycles. The third kappa shape index (κ3) is 4.87. The summed E-state index contributed by atoms with van der Waals surface area (Å²) < 4.78 is 5.57. The molecule has 0 saturated heterocycles. The zero-order valence-corrected chi connectivity index (χ0v) is 13.9. The monoisotopic (exact) mass is 321 g/mol. The molecule has 0 heterocycles. The molecule has 0 aliphatic heterocycles. The van der Waals surface area contributed by atoms with Gasteiger partial charge in [0.15, 0.2) is 0 Å². The van der Waals surface area contributed by atoms with Crippen molar-refractivity contribution in [2.45, 2.75) is 24.8 Å². The minimum Gasteiger partial charge on any atom is -0.492 e. The minimum atomic E-state index is 0.645. The van der Waals surface area contributed by atoms with Crippen molar-refractivity contribution < 1.29 is 4.74 Å². The van der Waals surface area contributed by atoms with Crippen LogP contribution in [-0.2, 0) is 6.54 Å². The second kappa shape index (κ2) is 8.20. The van der Waals surface area contributed by atoms with E-state index in [4.69, 9.17) is 16.3 Å². The lowest BCUT2D eigenvalue weighted by Crippen LogP contribution is -2.00. The van der Waals surface area contributed by atoms with Crippen LogP contribution in [0.2, 0.25) is 5.02 Å². The fraction of sp³-hybridized carbons (Fsp3) is 0.294. The van der Waals surface area contributed by atoms with Crippen LogP contribution in [0.25, 0.3) is 0 Å². The number of thioether (sulfide) groups is 1. The van der Waals surface area contributed by atoms with E-state index in [1.807, 2.05) is 18.2 Å². The van der Waals surface area contributed by atoms with Gasteiger partial charge < -0.3 is 10.1 Å². The molecule has 2 nitrogen and oxygen atoms in total. The average molecular weight is 322 g/mol. The van der Waals surface area contributed by atoms with Crippen LogP contribution in [0, 0.1) is 0 Å². The zero-order chi connectivity index (χ0) is 15.1. The topological polar surface area (TPSA) is 21.3 Å². The molecule has 0 spiro atoms. The van der Waals surface area contributed by atoms with Gasteiger partial charge in [-0.2, -0.15) is 0 Å². The van der Waals surface area contributed by atoms with Crippen LogP contribution < -0.4 is 10.1 Å². The summed E-state index contributed by atoms with van der Waals surface area (Å²) in [6.45, 7) is 3.54. The first-order valence-electron chi connectivity index (χ1n) is 7.02. The fourth-order valence-electron chi connectivity index (χ4n) is 1.89. The van der Waals surface area contributed by atoms with Gasteiger partial charge in [-0.25, -0.2) is 0 Å². The maximum Gasteiger partial charge on any atom is 0.138 e. The van der Waals surface area contributed by atoms with E-state index in [0.717, 1.165) is 24.4 Å². The molecule has 0 amide bonds. The van der Waals surface area contributed by atoms with Crippen LogP contribution in [0.5, 0.6) is 5.75 Å². The second-order valence-electron chi connectivity index (χ2n) is 4.70. The Morgan fingerprint density at radius 2 is 1.90 bits per heavy atom. The molecule has 0 atom stereocenters. The highest BCUT2D eigenvalue weighted by molar-refractivity contribution is 7.98. The van der Waals surface area contributed by atoms with Crippen LogP contribution in [-0.4, -0.2) is 12.9 Å². The van der Waals surface area contributed by atoms with Crippen molar-refractivity contribution >= 4 is 29.1 Å². The van der Waals surface area contributed by atoms with Gasteiger partial charge in [0.2, 0.25) is 0 Å². The summed E-state index contributed by atoms with van der Waals surface area (Å²) in [7, 11) is 0. The van der Waals surface area contributed by atoms with Gasteiger partial charge in [-0.3, -0.25) is 0 Å². The lowest BCUT2D eigenvalue weighted by Gasteiger charge is -2.11. The number of rotatable bonds is 7. The molecule has 2 aromatic rings. The quantitative estimate of drug-likeness (QED) is 0.684. The molecular formula is C17H20ClNOS. The Morgan fingerprint density at radius 1 is 1.14 bits per heavy atom. The van der Waals surface area contributed by atoms with Gasteiger partial charge in [0, 0.05) is 17.1 Å². The summed E-state index contributed by atoms with van der Waals surface area (Å²) in [4.78, 5) is 1.28. The zero-order valence-electron chi connectivity index (χ0n) is 12.4. The smallest absolute Gasteiger partial charge is 0.138 e. The predicted octanol–water partition coefficient (Wildman–Crippen LogP) is 5.46. The van der Waals surface area contributed by atoms with Crippen LogP contribution in [0.4, 0.5) is 5.69 Å². The van der Waals surface area contributed by atoms with Crippen molar-refractivity contribution in [3.8, 4) is 5.75 Å². The van der Waals surface area contributed by atoms with E-state index in [1.54, 1.807) is 11.8 Å². The summed E-state index contributed by atoms with van der Waals surface area (Å²) in [5.41, 5.74) is 2.24. The maximum atomic E-state index is 6.22. The number of ether oxygens (including phenoxy) is 1. The first-order chi connectivity index (χ1) is 10.2. The summed E-state index contributed by atoms with van der Waals surface area (Å²) in [6.07, 6.45) is 3.06. The number of anilines is 1. The van der Waals surface area contributed by atoms with Gasteiger partial charge in [0.25, 0.3) is 0 Å². The van der Waals surface area contributed by atoms with Crippen LogP contribution in [0.1, 0.15) is 18.9 Å². The maximum absolute atomic E-state index is 6.22. The molecule has 0 radical (unpaired) electrons. The molecular weight excluding hydrogens is 302 g/mol. The Kier molecular flexibility index (Phi) is 6.27. The molecule has 2 aromatic carbocycles. The van der Waals surface area contributed by atoms with Crippen molar-refractivity contribution in [1.29, 1.82) is 0 Å². The molecule has 4 heteroatoms. The summed E-state index contributed by atoms with van der Waals surface area (Å²) in [5.74, 6) is 0.744. The minimum absolute atomic E-state index is 0.645. The molecule has 0 saturated carbocycles. The normalized spacial score (nSPS) is 10.4.